The summed E-state index contributed by atoms with van der Waals surface area (Å²) < 4.78 is 14.8. The summed E-state index contributed by atoms with van der Waals surface area (Å²) in [6, 6.07) is 3.04. The van der Waals surface area contributed by atoms with Crippen LogP contribution in [0.1, 0.15) is 30.2 Å². The van der Waals surface area contributed by atoms with Crippen LogP contribution in [0.3, 0.4) is 0 Å². The number of furan rings is 1. The molecule has 1 rings (SSSR count). The van der Waals surface area contributed by atoms with Crippen LogP contribution in [0.5, 0.6) is 0 Å². The predicted octanol–water partition coefficient (Wildman–Crippen LogP) is 1.56. The Morgan fingerprint density at radius 3 is 2.59 bits per heavy atom. The summed E-state index contributed by atoms with van der Waals surface area (Å²) in [5, 5.41) is 10.5. The van der Waals surface area contributed by atoms with E-state index < -0.39 is 11.6 Å². The molecule has 0 spiro atoms. The van der Waals surface area contributed by atoms with Gasteiger partial charge in [0, 0.05) is 7.11 Å². The van der Waals surface area contributed by atoms with E-state index in [0.717, 1.165) is 0 Å². The number of hydrogen-bond acceptors (Lipinski definition) is 5. The summed E-state index contributed by atoms with van der Waals surface area (Å²) >= 11 is 0. The van der Waals surface area contributed by atoms with E-state index in [1.165, 1.54) is 20.3 Å². The van der Waals surface area contributed by atoms with E-state index in [2.05, 4.69) is 4.74 Å². The molecule has 1 unspecified atom stereocenters. The third-order valence-electron chi connectivity index (χ3n) is 2.74. The highest BCUT2D eigenvalue weighted by molar-refractivity contribution is 5.86. The average molecular weight is 242 g/mol. The summed E-state index contributed by atoms with van der Waals surface area (Å²) in [6.07, 6.45) is 0. The number of esters is 1. The molecule has 96 valence electrons. The third kappa shape index (κ3) is 2.68. The van der Waals surface area contributed by atoms with Crippen LogP contribution in [0.2, 0.25) is 0 Å². The van der Waals surface area contributed by atoms with Crippen LogP contribution >= 0.6 is 0 Å². The van der Waals surface area contributed by atoms with E-state index in [1.54, 1.807) is 6.07 Å². The fourth-order valence-corrected chi connectivity index (χ4v) is 1.52. The first-order valence-electron chi connectivity index (χ1n) is 5.35. The van der Waals surface area contributed by atoms with Gasteiger partial charge in [0.25, 0.3) is 0 Å². The Labute approximate surface area is 100 Å². The highest BCUT2D eigenvalue weighted by Gasteiger charge is 2.37. The van der Waals surface area contributed by atoms with Crippen molar-refractivity contribution in [1.82, 2.24) is 0 Å². The minimum atomic E-state index is -1.25. The third-order valence-corrected chi connectivity index (χ3v) is 2.74. The van der Waals surface area contributed by atoms with Gasteiger partial charge in [-0.2, -0.15) is 0 Å². The monoisotopic (exact) mass is 242 g/mol. The van der Waals surface area contributed by atoms with Crippen molar-refractivity contribution in [2.45, 2.75) is 19.4 Å². The van der Waals surface area contributed by atoms with Crippen molar-refractivity contribution in [2.24, 2.45) is 5.92 Å². The predicted molar refractivity (Wildman–Crippen MR) is 60.7 cm³/mol. The van der Waals surface area contributed by atoms with Crippen LogP contribution in [0, 0.1) is 5.92 Å². The molecule has 0 radical (unpaired) electrons. The maximum Gasteiger partial charge on any atom is 0.373 e. The van der Waals surface area contributed by atoms with Crippen molar-refractivity contribution in [3.63, 3.8) is 0 Å². The topological polar surface area (TPSA) is 68.9 Å². The zero-order valence-corrected chi connectivity index (χ0v) is 10.5. The second-order valence-corrected chi connectivity index (χ2v) is 4.17. The number of ether oxygens (including phenoxy) is 2. The molecule has 0 aliphatic carbocycles. The van der Waals surface area contributed by atoms with Gasteiger partial charge in [-0.25, -0.2) is 4.79 Å². The molecule has 0 aliphatic heterocycles. The van der Waals surface area contributed by atoms with E-state index >= 15 is 0 Å². The zero-order chi connectivity index (χ0) is 13.1. The number of carbonyl (C=O) groups is 1. The van der Waals surface area contributed by atoms with Gasteiger partial charge in [0.15, 0.2) is 0 Å². The first kappa shape index (κ1) is 13.7. The van der Waals surface area contributed by atoms with Crippen LogP contribution < -0.4 is 0 Å². The summed E-state index contributed by atoms with van der Waals surface area (Å²) in [5.41, 5.74) is -1.25. The maximum atomic E-state index is 11.3. The smallest absolute Gasteiger partial charge is 0.373 e. The summed E-state index contributed by atoms with van der Waals surface area (Å²) in [6.45, 7) is 3.79. The molecule has 1 N–H and O–H groups in total. The molecule has 1 heterocycles. The van der Waals surface area contributed by atoms with Crippen molar-refractivity contribution in [3.05, 3.63) is 23.7 Å². The lowest BCUT2D eigenvalue weighted by molar-refractivity contribution is -0.0845. The first-order chi connectivity index (χ1) is 7.95. The SMILES string of the molecule is COCC(O)(c1ccc(C(=O)OC)o1)C(C)C. The number of rotatable bonds is 5. The van der Waals surface area contributed by atoms with E-state index in [4.69, 9.17) is 9.15 Å². The van der Waals surface area contributed by atoms with E-state index in [0.29, 0.717) is 5.76 Å². The molecule has 1 aromatic rings. The Balaban J connectivity index is 3.04. The van der Waals surface area contributed by atoms with Gasteiger partial charge in [-0.3, -0.25) is 0 Å². The molecule has 1 atom stereocenters. The van der Waals surface area contributed by atoms with Crippen LogP contribution in [0.25, 0.3) is 0 Å². The van der Waals surface area contributed by atoms with Gasteiger partial charge in [-0.1, -0.05) is 13.8 Å². The Morgan fingerprint density at radius 1 is 1.47 bits per heavy atom. The Hall–Kier alpha value is -1.33. The number of aliphatic hydroxyl groups is 1. The van der Waals surface area contributed by atoms with Crippen molar-refractivity contribution >= 4 is 5.97 Å². The fourth-order valence-electron chi connectivity index (χ4n) is 1.52. The lowest BCUT2D eigenvalue weighted by Gasteiger charge is -2.29. The van der Waals surface area contributed by atoms with Gasteiger partial charge < -0.3 is 19.0 Å². The second-order valence-electron chi connectivity index (χ2n) is 4.17. The molecule has 0 aromatic carbocycles. The molecule has 0 bridgehead atoms. The van der Waals surface area contributed by atoms with Crippen LogP contribution in [0.4, 0.5) is 0 Å². The quantitative estimate of drug-likeness (QED) is 0.793. The lowest BCUT2D eigenvalue weighted by Crippen LogP contribution is -2.36. The standard InChI is InChI=1S/C12H18O5/c1-8(2)12(14,7-15-3)10-6-5-9(17-10)11(13)16-4/h5-6,8,14H,7H2,1-4H3. The molecule has 0 fully saturated rings. The van der Waals surface area contributed by atoms with Gasteiger partial charge in [-0.15, -0.1) is 0 Å². The molecular weight excluding hydrogens is 224 g/mol. The van der Waals surface area contributed by atoms with Crippen LogP contribution in [-0.4, -0.2) is 31.9 Å². The van der Waals surface area contributed by atoms with E-state index in [-0.39, 0.29) is 18.3 Å². The summed E-state index contributed by atoms with van der Waals surface area (Å²) in [4.78, 5) is 11.3. The lowest BCUT2D eigenvalue weighted by atomic mass is 9.89. The molecule has 5 heteroatoms. The van der Waals surface area contributed by atoms with Crippen molar-refractivity contribution < 1.29 is 23.8 Å². The minimum Gasteiger partial charge on any atom is -0.463 e. The van der Waals surface area contributed by atoms with Crippen molar-refractivity contribution in [2.75, 3.05) is 20.8 Å². The van der Waals surface area contributed by atoms with Crippen molar-refractivity contribution in [3.8, 4) is 0 Å². The largest absolute Gasteiger partial charge is 0.463 e. The van der Waals surface area contributed by atoms with Crippen LogP contribution in [0.15, 0.2) is 16.5 Å². The first-order valence-corrected chi connectivity index (χ1v) is 5.35. The normalized spacial score (nSPS) is 14.7. The minimum absolute atomic E-state index is 0.0673. The number of methoxy groups -OCH3 is 2. The highest BCUT2D eigenvalue weighted by Crippen LogP contribution is 2.31. The molecule has 0 amide bonds. The summed E-state index contributed by atoms with van der Waals surface area (Å²) in [7, 11) is 2.77. The molecule has 17 heavy (non-hydrogen) atoms. The zero-order valence-electron chi connectivity index (χ0n) is 10.5. The van der Waals surface area contributed by atoms with Gasteiger partial charge in [-0.05, 0) is 18.1 Å². The Morgan fingerprint density at radius 2 is 2.12 bits per heavy atom. The number of carbonyl (C=O) groups excluding carboxylic acids is 1. The van der Waals surface area contributed by atoms with Crippen molar-refractivity contribution in [1.29, 1.82) is 0 Å². The average Bonchev–Trinajstić information content (AvgIpc) is 2.77. The molecule has 0 aliphatic rings. The Kier molecular flexibility index (Phi) is 4.31. The second kappa shape index (κ2) is 5.33. The van der Waals surface area contributed by atoms with Crippen LogP contribution in [-0.2, 0) is 15.1 Å². The van der Waals surface area contributed by atoms with Gasteiger partial charge in [0.05, 0.1) is 13.7 Å². The van der Waals surface area contributed by atoms with Gasteiger partial charge in [0.1, 0.15) is 11.4 Å². The highest BCUT2D eigenvalue weighted by atomic mass is 16.5. The van der Waals surface area contributed by atoms with E-state index in [9.17, 15) is 9.90 Å². The van der Waals surface area contributed by atoms with Gasteiger partial charge in [0.2, 0.25) is 5.76 Å². The number of hydrogen-bond donors (Lipinski definition) is 1. The molecular formula is C12H18O5. The maximum absolute atomic E-state index is 11.3. The molecule has 1 aromatic heterocycles. The Bertz CT molecular complexity index is 382. The fraction of sp³-hybridized carbons (Fsp3) is 0.583. The summed E-state index contributed by atoms with van der Waals surface area (Å²) in [5.74, 6) is -0.314. The molecule has 5 nitrogen and oxygen atoms in total. The molecule has 0 saturated carbocycles. The van der Waals surface area contributed by atoms with Gasteiger partial charge >= 0.3 is 5.97 Å². The van der Waals surface area contributed by atoms with E-state index in [1.807, 2.05) is 13.8 Å². The molecule has 0 saturated heterocycles.